The SMILES string of the molecule is COc1ccc(C)c(C[C@@H]2CCC(C#N)C[C@H](C)[C@H]2S(C)(C)c2ccccc2)n1. The summed E-state index contributed by atoms with van der Waals surface area (Å²) in [5.41, 5.74) is 2.37. The Labute approximate surface area is 177 Å². The van der Waals surface area contributed by atoms with Crippen molar-refractivity contribution in [3.63, 3.8) is 0 Å². The Morgan fingerprint density at radius 2 is 1.86 bits per heavy atom. The van der Waals surface area contributed by atoms with Crippen molar-refractivity contribution in [1.29, 1.82) is 5.26 Å². The number of methoxy groups -OCH3 is 1. The molecule has 0 amide bonds. The maximum absolute atomic E-state index is 9.66. The van der Waals surface area contributed by atoms with Crippen LogP contribution in [0.3, 0.4) is 0 Å². The molecule has 29 heavy (non-hydrogen) atoms. The van der Waals surface area contributed by atoms with Gasteiger partial charge in [0.15, 0.2) is 0 Å². The van der Waals surface area contributed by atoms with E-state index in [0.29, 0.717) is 23.0 Å². The van der Waals surface area contributed by atoms with Crippen LogP contribution < -0.4 is 4.74 Å². The number of hydrogen-bond acceptors (Lipinski definition) is 3. The fourth-order valence-electron chi connectivity index (χ4n) is 5.19. The molecule has 1 aliphatic rings. The van der Waals surface area contributed by atoms with Gasteiger partial charge < -0.3 is 4.74 Å². The molecule has 1 aromatic carbocycles. The Balaban J connectivity index is 2.00. The topological polar surface area (TPSA) is 45.9 Å². The molecule has 4 atom stereocenters. The van der Waals surface area contributed by atoms with Crippen LogP contribution in [0.5, 0.6) is 5.88 Å². The van der Waals surface area contributed by atoms with Crippen molar-refractivity contribution < 1.29 is 4.74 Å². The Bertz CT molecular complexity index is 859. The first-order valence-corrected chi connectivity index (χ1v) is 13.1. The fraction of sp³-hybridized carbons (Fsp3) is 0.520. The quantitative estimate of drug-likeness (QED) is 0.567. The van der Waals surface area contributed by atoms with Gasteiger partial charge in [-0.3, -0.25) is 0 Å². The summed E-state index contributed by atoms with van der Waals surface area (Å²) in [6.45, 7) is 4.51. The molecule has 0 saturated heterocycles. The minimum absolute atomic E-state index is 0.169. The molecule has 1 saturated carbocycles. The molecule has 0 bridgehead atoms. The molecule has 1 fully saturated rings. The summed E-state index contributed by atoms with van der Waals surface area (Å²) in [7, 11) is 0.646. The first-order chi connectivity index (χ1) is 13.9. The number of pyridine rings is 1. The van der Waals surface area contributed by atoms with E-state index in [9.17, 15) is 5.26 Å². The van der Waals surface area contributed by atoms with Gasteiger partial charge in [0.2, 0.25) is 5.88 Å². The number of hydrogen-bond donors (Lipinski definition) is 0. The third-order valence-corrected chi connectivity index (χ3v) is 10.3. The van der Waals surface area contributed by atoms with Gasteiger partial charge in [-0.1, -0.05) is 43.3 Å². The first kappa shape index (κ1) is 21.7. The van der Waals surface area contributed by atoms with Gasteiger partial charge in [0.1, 0.15) is 0 Å². The van der Waals surface area contributed by atoms with Crippen molar-refractivity contribution in [1.82, 2.24) is 4.98 Å². The summed E-state index contributed by atoms with van der Waals surface area (Å²) >= 11 is 0. The molecule has 1 unspecified atom stereocenters. The minimum Gasteiger partial charge on any atom is -0.481 e. The molecule has 156 valence electrons. The molecule has 1 aliphatic carbocycles. The van der Waals surface area contributed by atoms with Gasteiger partial charge in [-0.25, -0.2) is 15.0 Å². The normalized spacial score (nSPS) is 25.7. The number of aryl methyl sites for hydroxylation is 1. The minimum atomic E-state index is -1.03. The van der Waals surface area contributed by atoms with Crippen LogP contribution in [-0.2, 0) is 6.42 Å². The highest BCUT2D eigenvalue weighted by Gasteiger charge is 2.40. The number of nitriles is 1. The van der Waals surface area contributed by atoms with E-state index in [1.165, 1.54) is 10.5 Å². The molecule has 0 spiro atoms. The van der Waals surface area contributed by atoms with Gasteiger partial charge in [-0.2, -0.15) is 5.26 Å². The highest BCUT2D eigenvalue weighted by molar-refractivity contribution is 8.33. The van der Waals surface area contributed by atoms with Crippen LogP contribution in [0.4, 0.5) is 0 Å². The van der Waals surface area contributed by atoms with E-state index < -0.39 is 10.0 Å². The summed E-state index contributed by atoms with van der Waals surface area (Å²) in [6, 6.07) is 17.6. The average molecular weight is 411 g/mol. The molecule has 2 aromatic rings. The smallest absolute Gasteiger partial charge is 0.213 e. The molecular weight excluding hydrogens is 376 g/mol. The van der Waals surface area contributed by atoms with Crippen molar-refractivity contribution in [3.05, 3.63) is 53.7 Å². The van der Waals surface area contributed by atoms with Crippen LogP contribution >= 0.6 is 10.0 Å². The molecule has 0 aliphatic heterocycles. The van der Waals surface area contributed by atoms with Crippen LogP contribution in [0.1, 0.15) is 37.4 Å². The van der Waals surface area contributed by atoms with Gasteiger partial charge in [0.25, 0.3) is 0 Å². The molecule has 3 nitrogen and oxygen atoms in total. The lowest BCUT2D eigenvalue weighted by atomic mass is 9.89. The lowest BCUT2D eigenvalue weighted by molar-refractivity contribution is 0.384. The Hall–Kier alpha value is -1.99. The summed E-state index contributed by atoms with van der Waals surface area (Å²) in [5.74, 6) is 1.89. The Morgan fingerprint density at radius 3 is 2.52 bits per heavy atom. The summed E-state index contributed by atoms with van der Waals surface area (Å²) in [5, 5.41) is 10.2. The van der Waals surface area contributed by atoms with Crippen molar-refractivity contribution in [2.45, 2.75) is 49.7 Å². The largest absolute Gasteiger partial charge is 0.481 e. The van der Waals surface area contributed by atoms with E-state index >= 15 is 0 Å². The highest BCUT2D eigenvalue weighted by atomic mass is 32.3. The summed E-state index contributed by atoms with van der Waals surface area (Å²) in [4.78, 5) is 6.26. The monoisotopic (exact) mass is 410 g/mol. The van der Waals surface area contributed by atoms with Crippen molar-refractivity contribution in [3.8, 4) is 11.9 Å². The number of ether oxygens (including phenoxy) is 1. The second-order valence-corrected chi connectivity index (χ2v) is 12.7. The van der Waals surface area contributed by atoms with Crippen molar-refractivity contribution in [2.75, 3.05) is 19.6 Å². The molecule has 0 N–H and O–H groups in total. The van der Waals surface area contributed by atoms with Crippen LogP contribution in [0, 0.1) is 36.0 Å². The van der Waals surface area contributed by atoms with E-state index in [1.807, 2.05) is 6.07 Å². The lowest BCUT2D eigenvalue weighted by Crippen LogP contribution is -2.33. The Morgan fingerprint density at radius 1 is 1.14 bits per heavy atom. The number of benzene rings is 1. The van der Waals surface area contributed by atoms with Crippen molar-refractivity contribution in [2.24, 2.45) is 17.8 Å². The zero-order valence-corrected chi connectivity index (χ0v) is 19.2. The molecular formula is C25H34N2OS. The lowest BCUT2D eigenvalue weighted by Gasteiger charge is -2.47. The summed E-state index contributed by atoms with van der Waals surface area (Å²) < 4.78 is 5.39. The zero-order chi connectivity index (χ0) is 21.0. The molecule has 1 aromatic heterocycles. The van der Waals surface area contributed by atoms with E-state index in [4.69, 9.17) is 9.72 Å². The molecule has 3 rings (SSSR count). The van der Waals surface area contributed by atoms with Gasteiger partial charge in [0.05, 0.1) is 13.2 Å². The predicted octanol–water partition coefficient (Wildman–Crippen LogP) is 6.01. The number of aromatic nitrogens is 1. The van der Waals surface area contributed by atoms with Gasteiger partial charge >= 0.3 is 0 Å². The van der Waals surface area contributed by atoms with Gasteiger partial charge in [-0.15, -0.1) is 0 Å². The van der Waals surface area contributed by atoms with E-state index in [-0.39, 0.29) is 5.92 Å². The highest BCUT2D eigenvalue weighted by Crippen LogP contribution is 2.60. The number of nitrogens with zero attached hydrogens (tertiary/aromatic N) is 2. The van der Waals surface area contributed by atoms with Crippen LogP contribution in [0.2, 0.25) is 0 Å². The van der Waals surface area contributed by atoms with E-state index in [1.54, 1.807) is 7.11 Å². The zero-order valence-electron chi connectivity index (χ0n) is 18.4. The van der Waals surface area contributed by atoms with Crippen LogP contribution in [0.15, 0.2) is 47.4 Å². The second kappa shape index (κ2) is 9.22. The summed E-state index contributed by atoms with van der Waals surface area (Å²) in [6.07, 6.45) is 8.99. The third-order valence-electron chi connectivity index (χ3n) is 6.62. The Kier molecular flexibility index (Phi) is 6.90. The van der Waals surface area contributed by atoms with E-state index in [0.717, 1.165) is 31.4 Å². The molecule has 4 heteroatoms. The van der Waals surface area contributed by atoms with Gasteiger partial charge in [0, 0.05) is 17.7 Å². The third kappa shape index (κ3) is 4.78. The number of rotatable bonds is 5. The van der Waals surface area contributed by atoms with E-state index in [2.05, 4.69) is 68.8 Å². The molecule has 1 heterocycles. The molecule has 0 radical (unpaired) electrons. The predicted molar refractivity (Wildman–Crippen MR) is 123 cm³/mol. The van der Waals surface area contributed by atoms with Crippen LogP contribution in [-0.4, -0.2) is 29.9 Å². The maximum atomic E-state index is 9.66. The van der Waals surface area contributed by atoms with Crippen LogP contribution in [0.25, 0.3) is 0 Å². The van der Waals surface area contributed by atoms with Crippen molar-refractivity contribution >= 4 is 10.0 Å². The second-order valence-electron chi connectivity index (χ2n) is 8.88. The first-order valence-electron chi connectivity index (χ1n) is 10.5. The van der Waals surface area contributed by atoms with Gasteiger partial charge in [-0.05, 0) is 72.7 Å². The maximum Gasteiger partial charge on any atom is 0.213 e. The standard InChI is InChI=1S/C25H34N2OS/c1-18-11-14-24(28-3)27-23(18)16-21-13-12-20(17-26)15-19(2)25(21)29(4,5)22-9-7-6-8-10-22/h6-11,14,19-21,25H,12-13,15-16H2,1-5H3/t19-,20?,21-,25+/m0/s1. The average Bonchev–Trinajstić information content (AvgIpc) is 2.88. The fourth-order valence-corrected chi connectivity index (χ4v) is 8.83.